The van der Waals surface area contributed by atoms with E-state index in [9.17, 15) is 9.59 Å². The first-order valence-electron chi connectivity index (χ1n) is 9.71. The Bertz CT molecular complexity index is 1080. The highest BCUT2D eigenvalue weighted by Gasteiger charge is 2.14. The number of hydrogen-bond donors (Lipinski definition) is 1. The van der Waals surface area contributed by atoms with E-state index in [0.29, 0.717) is 23.2 Å². The highest BCUT2D eigenvalue weighted by molar-refractivity contribution is 7.99. The summed E-state index contributed by atoms with van der Waals surface area (Å²) < 4.78 is 6.98. The van der Waals surface area contributed by atoms with Crippen LogP contribution in [0.5, 0.6) is 5.75 Å². The molecule has 2 aromatic carbocycles. The lowest BCUT2D eigenvalue weighted by Crippen LogP contribution is -2.21. The molecule has 3 rings (SSSR count). The Morgan fingerprint density at radius 1 is 1.06 bits per heavy atom. The molecular weight excluding hydrogens is 414 g/mol. The maximum atomic E-state index is 12.2. The third kappa shape index (κ3) is 6.02. The highest BCUT2D eigenvalue weighted by Crippen LogP contribution is 2.23. The van der Waals surface area contributed by atoms with Gasteiger partial charge in [0, 0.05) is 19.0 Å². The second-order valence-corrected chi connectivity index (χ2v) is 7.50. The summed E-state index contributed by atoms with van der Waals surface area (Å²) in [6, 6.07) is 16.7. The quantitative estimate of drug-likeness (QED) is 0.190. The van der Waals surface area contributed by atoms with Gasteiger partial charge in [0.1, 0.15) is 5.75 Å². The van der Waals surface area contributed by atoms with Crippen LogP contribution in [0.3, 0.4) is 0 Å². The summed E-state index contributed by atoms with van der Waals surface area (Å²) in [5.74, 6) is 0.775. The SMILES string of the molecule is CCn1c(SCC(=O)N/N=C(/C)c2ccc(OC(C)=O)cc2)nnc1-c1ccccc1. The summed E-state index contributed by atoms with van der Waals surface area (Å²) in [6.07, 6.45) is 0. The molecule has 0 spiro atoms. The van der Waals surface area contributed by atoms with Crippen LogP contribution in [0.15, 0.2) is 64.9 Å². The normalized spacial score (nSPS) is 11.3. The van der Waals surface area contributed by atoms with Crippen molar-refractivity contribution in [1.82, 2.24) is 20.2 Å². The van der Waals surface area contributed by atoms with E-state index in [1.54, 1.807) is 31.2 Å². The van der Waals surface area contributed by atoms with E-state index in [2.05, 4.69) is 20.7 Å². The van der Waals surface area contributed by atoms with Gasteiger partial charge in [-0.25, -0.2) is 5.43 Å². The van der Waals surface area contributed by atoms with E-state index >= 15 is 0 Å². The van der Waals surface area contributed by atoms with Crippen LogP contribution in [0, 0.1) is 0 Å². The van der Waals surface area contributed by atoms with Gasteiger partial charge in [0.2, 0.25) is 0 Å². The molecule has 0 aliphatic heterocycles. The summed E-state index contributed by atoms with van der Waals surface area (Å²) in [5.41, 5.74) is 4.98. The molecule has 9 heteroatoms. The fraction of sp³-hybridized carbons (Fsp3) is 0.227. The zero-order chi connectivity index (χ0) is 22.2. The summed E-state index contributed by atoms with van der Waals surface area (Å²) in [4.78, 5) is 23.2. The number of benzene rings is 2. The van der Waals surface area contributed by atoms with E-state index in [0.717, 1.165) is 17.0 Å². The average molecular weight is 438 g/mol. The van der Waals surface area contributed by atoms with Gasteiger partial charge in [0.25, 0.3) is 5.91 Å². The van der Waals surface area contributed by atoms with E-state index in [1.165, 1.54) is 18.7 Å². The molecule has 0 saturated carbocycles. The largest absolute Gasteiger partial charge is 0.427 e. The number of nitrogens with one attached hydrogen (secondary N) is 1. The van der Waals surface area contributed by atoms with Crippen molar-refractivity contribution in [2.75, 3.05) is 5.75 Å². The van der Waals surface area contributed by atoms with Crippen LogP contribution in [0.4, 0.5) is 0 Å². The van der Waals surface area contributed by atoms with E-state index in [4.69, 9.17) is 4.74 Å². The predicted octanol–water partition coefficient (Wildman–Crippen LogP) is 3.52. The minimum absolute atomic E-state index is 0.162. The molecule has 0 bridgehead atoms. The number of aromatic nitrogens is 3. The number of nitrogens with zero attached hydrogens (tertiary/aromatic N) is 4. The lowest BCUT2D eigenvalue weighted by molar-refractivity contribution is -0.131. The van der Waals surface area contributed by atoms with E-state index in [-0.39, 0.29) is 17.6 Å². The Kier molecular flexibility index (Phi) is 7.55. The maximum Gasteiger partial charge on any atom is 0.308 e. The Hall–Kier alpha value is -3.46. The van der Waals surface area contributed by atoms with Gasteiger partial charge in [-0.05, 0) is 43.7 Å². The summed E-state index contributed by atoms with van der Waals surface area (Å²) in [6.45, 7) is 5.84. The van der Waals surface area contributed by atoms with Crippen molar-refractivity contribution in [2.45, 2.75) is 32.5 Å². The second-order valence-electron chi connectivity index (χ2n) is 6.56. The zero-order valence-electron chi connectivity index (χ0n) is 17.5. The fourth-order valence-corrected chi connectivity index (χ4v) is 3.58. The second kappa shape index (κ2) is 10.5. The van der Waals surface area contributed by atoms with Gasteiger partial charge in [-0.2, -0.15) is 5.10 Å². The molecule has 1 N–H and O–H groups in total. The maximum absolute atomic E-state index is 12.2. The number of ether oxygens (including phenoxy) is 1. The Labute approximate surface area is 184 Å². The van der Waals surface area contributed by atoms with Gasteiger partial charge >= 0.3 is 5.97 Å². The molecule has 160 valence electrons. The Morgan fingerprint density at radius 2 is 1.77 bits per heavy atom. The van der Waals surface area contributed by atoms with Crippen molar-refractivity contribution in [3.8, 4) is 17.1 Å². The van der Waals surface area contributed by atoms with Gasteiger partial charge in [-0.3, -0.25) is 9.59 Å². The van der Waals surface area contributed by atoms with Crippen molar-refractivity contribution in [3.05, 3.63) is 60.2 Å². The van der Waals surface area contributed by atoms with Crippen LogP contribution in [-0.2, 0) is 16.1 Å². The van der Waals surface area contributed by atoms with Crippen LogP contribution < -0.4 is 10.2 Å². The molecule has 1 heterocycles. The molecule has 0 unspecified atom stereocenters. The van der Waals surface area contributed by atoms with Crippen LogP contribution in [0.1, 0.15) is 26.3 Å². The molecule has 0 aliphatic carbocycles. The molecule has 0 saturated heterocycles. The van der Waals surface area contributed by atoms with Crippen molar-refractivity contribution in [3.63, 3.8) is 0 Å². The molecule has 1 aromatic heterocycles. The van der Waals surface area contributed by atoms with Crippen LogP contribution in [0.2, 0.25) is 0 Å². The topological polar surface area (TPSA) is 98.5 Å². The Morgan fingerprint density at radius 3 is 2.42 bits per heavy atom. The molecule has 0 atom stereocenters. The minimum atomic E-state index is -0.377. The first kappa shape index (κ1) is 22.2. The van der Waals surface area contributed by atoms with Crippen molar-refractivity contribution in [2.24, 2.45) is 5.10 Å². The number of rotatable bonds is 8. The summed E-state index contributed by atoms with van der Waals surface area (Å²) in [7, 11) is 0. The van der Waals surface area contributed by atoms with Crippen molar-refractivity contribution in [1.29, 1.82) is 0 Å². The first-order valence-corrected chi connectivity index (χ1v) is 10.7. The number of hydrogen-bond acceptors (Lipinski definition) is 7. The number of thioether (sulfide) groups is 1. The van der Waals surface area contributed by atoms with Gasteiger partial charge in [-0.1, -0.05) is 42.1 Å². The van der Waals surface area contributed by atoms with Crippen LogP contribution in [-0.4, -0.2) is 38.1 Å². The molecule has 3 aromatic rings. The average Bonchev–Trinajstić information content (AvgIpc) is 3.19. The molecule has 8 nitrogen and oxygen atoms in total. The van der Waals surface area contributed by atoms with E-state index < -0.39 is 0 Å². The molecule has 0 radical (unpaired) electrons. The Balaban J connectivity index is 1.58. The third-order valence-electron chi connectivity index (χ3n) is 4.28. The standard InChI is InChI=1S/C22H23N5O3S/c1-4-27-21(18-8-6-5-7-9-18)25-26-22(27)31-14-20(29)24-23-15(2)17-10-12-19(13-11-17)30-16(3)28/h5-13H,4,14H2,1-3H3,(H,24,29)/b23-15-. The van der Waals surface area contributed by atoms with Gasteiger partial charge in [0.05, 0.1) is 11.5 Å². The number of esters is 1. The van der Waals surface area contributed by atoms with E-state index in [1.807, 2.05) is 41.8 Å². The number of carbonyl (C=O) groups is 2. The highest BCUT2D eigenvalue weighted by atomic mass is 32.2. The van der Waals surface area contributed by atoms with Crippen LogP contribution >= 0.6 is 11.8 Å². The van der Waals surface area contributed by atoms with Crippen LogP contribution in [0.25, 0.3) is 11.4 Å². The molecular formula is C22H23N5O3S. The smallest absolute Gasteiger partial charge is 0.308 e. The summed E-state index contributed by atoms with van der Waals surface area (Å²) in [5, 5.41) is 13.3. The van der Waals surface area contributed by atoms with Gasteiger partial charge < -0.3 is 9.30 Å². The molecule has 0 fully saturated rings. The molecule has 1 amide bonds. The van der Waals surface area contributed by atoms with Gasteiger partial charge in [-0.15, -0.1) is 10.2 Å². The monoisotopic (exact) mass is 437 g/mol. The zero-order valence-corrected chi connectivity index (χ0v) is 18.3. The lowest BCUT2D eigenvalue weighted by atomic mass is 10.1. The molecule has 0 aliphatic rings. The minimum Gasteiger partial charge on any atom is -0.427 e. The fourth-order valence-electron chi connectivity index (χ4n) is 2.78. The third-order valence-corrected chi connectivity index (χ3v) is 5.25. The lowest BCUT2D eigenvalue weighted by Gasteiger charge is -2.07. The molecule has 31 heavy (non-hydrogen) atoms. The van der Waals surface area contributed by atoms with Crippen molar-refractivity contribution >= 4 is 29.4 Å². The first-order chi connectivity index (χ1) is 15.0. The number of hydrazone groups is 1. The van der Waals surface area contributed by atoms with Gasteiger partial charge in [0.15, 0.2) is 11.0 Å². The number of carbonyl (C=O) groups excluding carboxylic acids is 2. The number of amides is 1. The summed E-state index contributed by atoms with van der Waals surface area (Å²) >= 11 is 1.31. The van der Waals surface area contributed by atoms with Crippen molar-refractivity contribution < 1.29 is 14.3 Å². The predicted molar refractivity (Wildman–Crippen MR) is 120 cm³/mol.